The maximum atomic E-state index is 13.4. The number of hydrogen-bond donors (Lipinski definition) is 0. The second kappa shape index (κ2) is 4.94. The van der Waals surface area contributed by atoms with Gasteiger partial charge in [0.2, 0.25) is 0 Å². The predicted octanol–water partition coefficient (Wildman–Crippen LogP) is 3.87. The van der Waals surface area contributed by atoms with Crippen LogP contribution >= 0.6 is 27.5 Å². The van der Waals surface area contributed by atoms with Gasteiger partial charge in [-0.3, -0.25) is 4.79 Å². The molecule has 1 aromatic carbocycles. The molecule has 1 fully saturated rings. The van der Waals surface area contributed by atoms with Crippen LogP contribution in [0.5, 0.6) is 0 Å². The van der Waals surface area contributed by atoms with E-state index < -0.39 is 5.82 Å². The van der Waals surface area contributed by atoms with Crippen molar-refractivity contribution in [3.63, 3.8) is 0 Å². The van der Waals surface area contributed by atoms with Crippen LogP contribution in [0.3, 0.4) is 0 Å². The molecule has 5 heteroatoms. The molecule has 1 amide bonds. The third-order valence-electron chi connectivity index (χ3n) is 3.05. The first-order valence-corrected chi connectivity index (χ1v) is 6.63. The minimum absolute atomic E-state index is 0.189. The highest BCUT2D eigenvalue weighted by atomic mass is 79.9. The summed E-state index contributed by atoms with van der Waals surface area (Å²) in [5.74, 6) is -0.656. The van der Waals surface area contributed by atoms with Gasteiger partial charge in [-0.05, 0) is 47.8 Å². The SMILES string of the molecule is CC1CCCN1C(=O)c1cc(F)c(Br)cc1Cl. The first-order chi connectivity index (χ1) is 8.00. The summed E-state index contributed by atoms with van der Waals surface area (Å²) in [4.78, 5) is 13.9. The number of carbonyl (C=O) groups is 1. The lowest BCUT2D eigenvalue weighted by atomic mass is 10.1. The average Bonchev–Trinajstić information content (AvgIpc) is 2.69. The lowest BCUT2D eigenvalue weighted by Gasteiger charge is -2.22. The summed E-state index contributed by atoms with van der Waals surface area (Å²) in [6.45, 7) is 2.71. The van der Waals surface area contributed by atoms with Crippen molar-refractivity contribution in [2.75, 3.05) is 6.54 Å². The van der Waals surface area contributed by atoms with Gasteiger partial charge in [0.15, 0.2) is 0 Å². The largest absolute Gasteiger partial charge is 0.336 e. The minimum Gasteiger partial charge on any atom is -0.336 e. The third kappa shape index (κ3) is 2.47. The third-order valence-corrected chi connectivity index (χ3v) is 3.97. The Labute approximate surface area is 113 Å². The van der Waals surface area contributed by atoms with Crippen molar-refractivity contribution >= 4 is 33.4 Å². The van der Waals surface area contributed by atoms with Crippen LogP contribution in [0.4, 0.5) is 4.39 Å². The normalized spacial score (nSPS) is 19.8. The van der Waals surface area contributed by atoms with Crippen LogP contribution < -0.4 is 0 Å². The number of benzene rings is 1. The summed E-state index contributed by atoms with van der Waals surface area (Å²) < 4.78 is 13.7. The lowest BCUT2D eigenvalue weighted by Crippen LogP contribution is -2.33. The van der Waals surface area contributed by atoms with Gasteiger partial charge in [-0.25, -0.2) is 4.39 Å². The fraction of sp³-hybridized carbons (Fsp3) is 0.417. The molecule has 17 heavy (non-hydrogen) atoms. The Balaban J connectivity index is 2.34. The number of hydrogen-bond acceptors (Lipinski definition) is 1. The Morgan fingerprint density at radius 2 is 2.29 bits per heavy atom. The zero-order chi connectivity index (χ0) is 12.6. The Morgan fingerprint density at radius 3 is 2.88 bits per heavy atom. The molecule has 1 unspecified atom stereocenters. The molecule has 1 aliphatic rings. The molecule has 1 atom stereocenters. The first-order valence-electron chi connectivity index (χ1n) is 5.46. The molecule has 0 saturated carbocycles. The van der Waals surface area contributed by atoms with E-state index in [0.29, 0.717) is 6.54 Å². The Morgan fingerprint density at radius 1 is 1.59 bits per heavy atom. The second-order valence-corrected chi connectivity index (χ2v) is 5.50. The molecular weight excluding hydrogens is 308 g/mol. The maximum Gasteiger partial charge on any atom is 0.255 e. The van der Waals surface area contributed by atoms with Gasteiger partial charge < -0.3 is 4.90 Å². The topological polar surface area (TPSA) is 20.3 Å². The van der Waals surface area contributed by atoms with Crippen molar-refractivity contribution in [2.24, 2.45) is 0 Å². The van der Waals surface area contributed by atoms with E-state index in [9.17, 15) is 9.18 Å². The first kappa shape index (κ1) is 12.8. The molecule has 0 radical (unpaired) electrons. The zero-order valence-electron chi connectivity index (χ0n) is 9.34. The number of halogens is 3. The highest BCUT2D eigenvalue weighted by molar-refractivity contribution is 9.10. The molecule has 1 heterocycles. The highest BCUT2D eigenvalue weighted by Gasteiger charge is 2.27. The van der Waals surface area contributed by atoms with E-state index in [-0.39, 0.29) is 27.0 Å². The van der Waals surface area contributed by atoms with Crippen molar-refractivity contribution in [3.05, 3.63) is 33.0 Å². The molecular formula is C12H12BrClFNO. The van der Waals surface area contributed by atoms with Crippen LogP contribution in [0.1, 0.15) is 30.1 Å². The molecule has 1 saturated heterocycles. The molecule has 1 aromatic rings. The lowest BCUT2D eigenvalue weighted by molar-refractivity contribution is 0.0747. The van der Waals surface area contributed by atoms with E-state index in [4.69, 9.17) is 11.6 Å². The van der Waals surface area contributed by atoms with Crippen molar-refractivity contribution < 1.29 is 9.18 Å². The fourth-order valence-corrected chi connectivity index (χ4v) is 2.80. The minimum atomic E-state index is -0.468. The van der Waals surface area contributed by atoms with Crippen molar-refractivity contribution in [1.29, 1.82) is 0 Å². The van der Waals surface area contributed by atoms with Crippen LogP contribution in [0.15, 0.2) is 16.6 Å². The summed E-state index contributed by atoms with van der Waals surface area (Å²) in [5.41, 5.74) is 0.237. The van der Waals surface area contributed by atoms with E-state index in [1.165, 1.54) is 12.1 Å². The van der Waals surface area contributed by atoms with Gasteiger partial charge in [0.1, 0.15) is 5.82 Å². The Bertz CT molecular complexity index is 466. The van der Waals surface area contributed by atoms with E-state index in [1.54, 1.807) is 4.90 Å². The fourth-order valence-electron chi connectivity index (χ4n) is 2.08. The molecule has 0 aliphatic carbocycles. The number of likely N-dealkylation sites (tertiary alicyclic amines) is 1. The molecule has 0 bridgehead atoms. The van der Waals surface area contributed by atoms with Crippen molar-refractivity contribution in [2.45, 2.75) is 25.8 Å². The van der Waals surface area contributed by atoms with Gasteiger partial charge in [-0.2, -0.15) is 0 Å². The summed E-state index contributed by atoms with van der Waals surface area (Å²) in [7, 11) is 0. The van der Waals surface area contributed by atoms with Gasteiger partial charge in [-0.15, -0.1) is 0 Å². The van der Waals surface area contributed by atoms with Gasteiger partial charge in [0, 0.05) is 12.6 Å². The van der Waals surface area contributed by atoms with Gasteiger partial charge in [0.05, 0.1) is 15.1 Å². The number of amides is 1. The van der Waals surface area contributed by atoms with Crippen LogP contribution in [-0.4, -0.2) is 23.4 Å². The summed E-state index contributed by atoms with van der Waals surface area (Å²) in [5, 5.41) is 0.280. The van der Waals surface area contributed by atoms with Crippen LogP contribution in [-0.2, 0) is 0 Å². The maximum absolute atomic E-state index is 13.4. The van der Waals surface area contributed by atoms with Crippen molar-refractivity contribution in [1.82, 2.24) is 4.90 Å². The van der Waals surface area contributed by atoms with Gasteiger partial charge >= 0.3 is 0 Å². The quantitative estimate of drug-likeness (QED) is 0.719. The average molecular weight is 321 g/mol. The molecule has 1 aliphatic heterocycles. The smallest absolute Gasteiger partial charge is 0.255 e. The molecule has 0 N–H and O–H groups in total. The van der Waals surface area contributed by atoms with E-state index in [0.717, 1.165) is 12.8 Å². The number of carbonyl (C=O) groups excluding carboxylic acids is 1. The summed E-state index contributed by atoms with van der Waals surface area (Å²) >= 11 is 9.02. The van der Waals surface area contributed by atoms with Crippen molar-refractivity contribution in [3.8, 4) is 0 Å². The molecule has 0 spiro atoms. The molecule has 92 valence electrons. The Kier molecular flexibility index (Phi) is 3.73. The Hall–Kier alpha value is -0.610. The standard InChI is InChI=1S/C12H12BrClFNO/c1-7-3-2-4-16(7)12(17)8-5-11(15)9(13)6-10(8)14/h5-7H,2-4H2,1H3. The summed E-state index contributed by atoms with van der Waals surface area (Å²) in [6, 6.07) is 2.82. The number of rotatable bonds is 1. The zero-order valence-corrected chi connectivity index (χ0v) is 11.7. The van der Waals surface area contributed by atoms with Crippen LogP contribution in [0, 0.1) is 5.82 Å². The van der Waals surface area contributed by atoms with E-state index in [1.807, 2.05) is 6.92 Å². The molecule has 0 aromatic heterocycles. The summed E-state index contributed by atoms with van der Waals surface area (Å²) in [6.07, 6.45) is 1.98. The van der Waals surface area contributed by atoms with Crippen LogP contribution in [0.2, 0.25) is 5.02 Å². The predicted molar refractivity (Wildman–Crippen MR) is 68.8 cm³/mol. The monoisotopic (exact) mass is 319 g/mol. The van der Waals surface area contributed by atoms with Gasteiger partial charge in [0.25, 0.3) is 5.91 Å². The van der Waals surface area contributed by atoms with Gasteiger partial charge in [-0.1, -0.05) is 11.6 Å². The van der Waals surface area contributed by atoms with E-state index in [2.05, 4.69) is 15.9 Å². The molecule has 2 rings (SSSR count). The molecule has 2 nitrogen and oxygen atoms in total. The van der Waals surface area contributed by atoms with E-state index >= 15 is 0 Å². The second-order valence-electron chi connectivity index (χ2n) is 4.24. The van der Waals surface area contributed by atoms with Crippen LogP contribution in [0.25, 0.3) is 0 Å². The number of nitrogens with zero attached hydrogens (tertiary/aromatic N) is 1. The highest BCUT2D eigenvalue weighted by Crippen LogP contribution is 2.28.